The van der Waals surface area contributed by atoms with E-state index >= 15 is 0 Å². The molecular formula is C25H20ClNO3. The van der Waals surface area contributed by atoms with E-state index in [0.717, 1.165) is 22.4 Å². The fourth-order valence-electron chi connectivity index (χ4n) is 2.84. The van der Waals surface area contributed by atoms with Gasteiger partial charge in [0.25, 0.3) is 0 Å². The number of ether oxygens (including phenoxy) is 2. The van der Waals surface area contributed by atoms with Gasteiger partial charge in [-0.2, -0.15) is 5.26 Å². The van der Waals surface area contributed by atoms with Gasteiger partial charge in [0.2, 0.25) is 0 Å². The zero-order valence-electron chi connectivity index (χ0n) is 16.5. The maximum atomic E-state index is 12.2. The Hall–Kier alpha value is -3.55. The second-order valence-corrected chi connectivity index (χ2v) is 6.91. The fraction of sp³-hybridized carbons (Fsp3) is 0.120. The van der Waals surface area contributed by atoms with Gasteiger partial charge in [0.15, 0.2) is 0 Å². The zero-order chi connectivity index (χ0) is 21.3. The van der Waals surface area contributed by atoms with Crippen molar-refractivity contribution < 1.29 is 14.3 Å². The smallest absolute Gasteiger partial charge is 0.315 e. The maximum Gasteiger partial charge on any atom is 0.315 e. The lowest BCUT2D eigenvalue weighted by molar-refractivity contribution is -0.133. The molecule has 0 radical (unpaired) electrons. The van der Waals surface area contributed by atoms with Crippen LogP contribution in [0.15, 0.2) is 72.8 Å². The Kier molecular flexibility index (Phi) is 7.26. The van der Waals surface area contributed by atoms with E-state index in [2.05, 4.69) is 6.07 Å². The minimum atomic E-state index is -0.348. The SMILES string of the molecule is CCOc1ccc(CC(=O)Oc2ccc(/C=C(/C#N)c3cccc(Cl)c3)cc2)cc1. The van der Waals surface area contributed by atoms with E-state index < -0.39 is 0 Å². The minimum Gasteiger partial charge on any atom is -0.494 e. The summed E-state index contributed by atoms with van der Waals surface area (Å²) in [5.74, 6) is 0.871. The molecule has 3 aromatic rings. The Bertz CT molecular complexity index is 1080. The third-order valence-corrected chi connectivity index (χ3v) is 4.50. The summed E-state index contributed by atoms with van der Waals surface area (Å²) in [7, 11) is 0. The van der Waals surface area contributed by atoms with E-state index in [9.17, 15) is 10.1 Å². The fourth-order valence-corrected chi connectivity index (χ4v) is 3.03. The molecule has 3 aromatic carbocycles. The number of nitrogens with zero attached hydrogens (tertiary/aromatic N) is 1. The minimum absolute atomic E-state index is 0.168. The van der Waals surface area contributed by atoms with Crippen LogP contribution < -0.4 is 9.47 Å². The number of carbonyl (C=O) groups is 1. The average molecular weight is 418 g/mol. The first-order chi connectivity index (χ1) is 14.6. The highest BCUT2D eigenvalue weighted by Crippen LogP contribution is 2.22. The van der Waals surface area contributed by atoms with Crippen LogP contribution >= 0.6 is 11.6 Å². The molecule has 0 aromatic heterocycles. The Balaban J connectivity index is 1.63. The van der Waals surface area contributed by atoms with Crippen molar-refractivity contribution in [1.82, 2.24) is 0 Å². The summed E-state index contributed by atoms with van der Waals surface area (Å²) in [4.78, 5) is 12.2. The quantitative estimate of drug-likeness (QED) is 0.206. The molecule has 5 heteroatoms. The maximum absolute atomic E-state index is 12.2. The number of benzene rings is 3. The van der Waals surface area contributed by atoms with Crippen molar-refractivity contribution in [3.63, 3.8) is 0 Å². The normalized spacial score (nSPS) is 10.9. The Morgan fingerprint density at radius 3 is 2.37 bits per heavy atom. The molecule has 0 bridgehead atoms. The highest BCUT2D eigenvalue weighted by atomic mass is 35.5. The summed E-state index contributed by atoms with van der Waals surface area (Å²) >= 11 is 6.01. The molecule has 0 unspecified atom stereocenters. The van der Waals surface area contributed by atoms with Crippen molar-refractivity contribution in [1.29, 1.82) is 5.26 Å². The molecular weight excluding hydrogens is 398 g/mol. The lowest BCUT2D eigenvalue weighted by Gasteiger charge is -2.07. The van der Waals surface area contributed by atoms with Crippen LogP contribution in [0.3, 0.4) is 0 Å². The van der Waals surface area contributed by atoms with Gasteiger partial charge in [-0.1, -0.05) is 48.0 Å². The van der Waals surface area contributed by atoms with Crippen molar-refractivity contribution in [3.05, 3.63) is 94.5 Å². The summed E-state index contributed by atoms with van der Waals surface area (Å²) in [5.41, 5.74) is 2.91. The molecule has 0 amide bonds. The summed E-state index contributed by atoms with van der Waals surface area (Å²) in [6.07, 6.45) is 1.93. The molecule has 0 aliphatic rings. The number of allylic oxidation sites excluding steroid dienone is 1. The number of hydrogen-bond donors (Lipinski definition) is 0. The molecule has 0 aliphatic heterocycles. The van der Waals surface area contributed by atoms with Gasteiger partial charge < -0.3 is 9.47 Å². The molecule has 0 fully saturated rings. The number of halogens is 1. The number of esters is 1. The molecule has 3 rings (SSSR count). The van der Waals surface area contributed by atoms with Gasteiger partial charge in [-0.15, -0.1) is 0 Å². The molecule has 150 valence electrons. The molecule has 0 N–H and O–H groups in total. The van der Waals surface area contributed by atoms with E-state index in [1.54, 1.807) is 48.5 Å². The van der Waals surface area contributed by atoms with Crippen LogP contribution in [-0.2, 0) is 11.2 Å². The lowest BCUT2D eigenvalue weighted by atomic mass is 10.0. The highest BCUT2D eigenvalue weighted by molar-refractivity contribution is 6.30. The standard InChI is InChI=1S/C25H20ClNO3/c1-2-29-23-10-6-19(7-11-23)15-25(28)30-24-12-8-18(9-13-24)14-21(17-27)20-4-3-5-22(26)16-20/h3-14,16H,2,15H2,1H3/b21-14-. The van der Waals surface area contributed by atoms with E-state index in [1.165, 1.54) is 0 Å². The predicted octanol–water partition coefficient (Wildman–Crippen LogP) is 5.95. The van der Waals surface area contributed by atoms with E-state index in [4.69, 9.17) is 21.1 Å². The molecule has 30 heavy (non-hydrogen) atoms. The summed E-state index contributed by atoms with van der Waals surface area (Å²) in [5, 5.41) is 10.0. The van der Waals surface area contributed by atoms with Gasteiger partial charge >= 0.3 is 5.97 Å². The second-order valence-electron chi connectivity index (χ2n) is 6.48. The van der Waals surface area contributed by atoms with Crippen LogP contribution in [0.1, 0.15) is 23.6 Å². The topological polar surface area (TPSA) is 59.3 Å². The zero-order valence-corrected chi connectivity index (χ0v) is 17.2. The molecule has 0 saturated carbocycles. The summed E-state index contributed by atoms with van der Waals surface area (Å²) < 4.78 is 10.8. The van der Waals surface area contributed by atoms with Gasteiger partial charge in [0, 0.05) is 5.02 Å². The van der Waals surface area contributed by atoms with Crippen molar-refractivity contribution >= 4 is 29.2 Å². The molecule has 0 heterocycles. The third kappa shape index (κ3) is 5.97. The van der Waals surface area contributed by atoms with E-state index in [-0.39, 0.29) is 12.4 Å². The van der Waals surface area contributed by atoms with Crippen LogP contribution in [0.4, 0.5) is 0 Å². The summed E-state index contributed by atoms with van der Waals surface area (Å²) in [6, 6.07) is 23.7. The highest BCUT2D eigenvalue weighted by Gasteiger charge is 2.08. The first-order valence-corrected chi connectivity index (χ1v) is 9.85. The molecule has 0 aliphatic carbocycles. The Morgan fingerprint density at radius 1 is 1.03 bits per heavy atom. The Morgan fingerprint density at radius 2 is 1.73 bits per heavy atom. The Labute approximate surface area is 180 Å². The van der Waals surface area contributed by atoms with Crippen molar-refractivity contribution in [2.45, 2.75) is 13.3 Å². The van der Waals surface area contributed by atoms with E-state index in [1.807, 2.05) is 37.3 Å². The van der Waals surface area contributed by atoms with E-state index in [0.29, 0.717) is 23.0 Å². The number of nitriles is 1. The number of carbonyl (C=O) groups excluding carboxylic acids is 1. The van der Waals surface area contributed by atoms with Gasteiger partial charge in [0.1, 0.15) is 11.5 Å². The predicted molar refractivity (Wildman–Crippen MR) is 118 cm³/mol. The first-order valence-electron chi connectivity index (χ1n) is 9.47. The van der Waals surface area contributed by atoms with Gasteiger partial charge in [-0.05, 0) is 66.1 Å². The molecule has 0 saturated heterocycles. The third-order valence-electron chi connectivity index (χ3n) is 4.26. The van der Waals surface area contributed by atoms with Crippen molar-refractivity contribution in [3.8, 4) is 17.6 Å². The monoisotopic (exact) mass is 417 g/mol. The number of rotatable bonds is 7. The summed E-state index contributed by atoms with van der Waals surface area (Å²) in [6.45, 7) is 2.52. The largest absolute Gasteiger partial charge is 0.494 e. The molecule has 0 atom stereocenters. The van der Waals surface area contributed by atoms with Crippen LogP contribution in [-0.4, -0.2) is 12.6 Å². The average Bonchev–Trinajstić information content (AvgIpc) is 2.75. The van der Waals surface area contributed by atoms with Crippen LogP contribution in [0.5, 0.6) is 11.5 Å². The molecule has 0 spiro atoms. The van der Waals surface area contributed by atoms with Crippen LogP contribution in [0, 0.1) is 11.3 Å². The van der Waals surface area contributed by atoms with Gasteiger partial charge in [0.05, 0.1) is 24.7 Å². The number of hydrogen-bond acceptors (Lipinski definition) is 4. The van der Waals surface area contributed by atoms with Crippen LogP contribution in [0.25, 0.3) is 11.6 Å². The van der Waals surface area contributed by atoms with Crippen molar-refractivity contribution in [2.75, 3.05) is 6.61 Å². The van der Waals surface area contributed by atoms with Gasteiger partial charge in [-0.3, -0.25) is 4.79 Å². The van der Waals surface area contributed by atoms with Gasteiger partial charge in [-0.25, -0.2) is 0 Å². The lowest BCUT2D eigenvalue weighted by Crippen LogP contribution is -2.11. The van der Waals surface area contributed by atoms with Crippen LogP contribution in [0.2, 0.25) is 5.02 Å². The second kappa shape index (κ2) is 10.3. The first kappa shape index (κ1) is 21.2. The van der Waals surface area contributed by atoms with Crippen molar-refractivity contribution in [2.24, 2.45) is 0 Å². The molecule has 4 nitrogen and oxygen atoms in total.